The highest BCUT2D eigenvalue weighted by atomic mass is 35.5. The van der Waals surface area contributed by atoms with Gasteiger partial charge in [0.05, 0.1) is 6.10 Å². The first kappa shape index (κ1) is 19.6. The molecule has 1 aromatic carbocycles. The standard InChI is InChI=1S/C20H22ClN3O5/c1-22-19(25)17-10-27-18(23-17)11-28-20(26)24-8-12-6-16(7-13(12)9-24)29-15-4-2-14(21)3-5-15/h2-5,10,12-13,16H,6-9,11H2,1H3,(H,22,25)/t12-,13+,16-. The summed E-state index contributed by atoms with van der Waals surface area (Å²) in [5.74, 6) is 1.46. The van der Waals surface area contributed by atoms with E-state index in [0.29, 0.717) is 29.9 Å². The number of ether oxygens (including phenoxy) is 2. The largest absolute Gasteiger partial charge is 0.490 e. The molecule has 0 bridgehead atoms. The minimum atomic E-state index is -0.394. The highest BCUT2D eigenvalue weighted by molar-refractivity contribution is 6.30. The second-order valence-corrected chi connectivity index (χ2v) is 7.79. The lowest BCUT2D eigenvalue weighted by molar-refractivity contribution is 0.0908. The Kier molecular flexibility index (Phi) is 5.62. The summed E-state index contributed by atoms with van der Waals surface area (Å²) < 4.78 is 16.5. The molecule has 3 atom stereocenters. The molecule has 0 unspecified atom stereocenters. The van der Waals surface area contributed by atoms with Gasteiger partial charge in [-0.3, -0.25) is 4.79 Å². The summed E-state index contributed by atoms with van der Waals surface area (Å²) in [5, 5.41) is 3.14. The van der Waals surface area contributed by atoms with Crippen LogP contribution in [0.4, 0.5) is 4.79 Å². The monoisotopic (exact) mass is 419 g/mol. The summed E-state index contributed by atoms with van der Waals surface area (Å²) in [7, 11) is 1.51. The molecule has 1 saturated heterocycles. The van der Waals surface area contributed by atoms with Crippen LogP contribution in [0.15, 0.2) is 34.9 Å². The zero-order valence-electron chi connectivity index (χ0n) is 16.0. The number of aromatic nitrogens is 1. The maximum absolute atomic E-state index is 12.4. The lowest BCUT2D eigenvalue weighted by Crippen LogP contribution is -2.31. The van der Waals surface area contributed by atoms with Crippen LogP contribution in [-0.4, -0.2) is 48.1 Å². The second-order valence-electron chi connectivity index (χ2n) is 7.35. The van der Waals surface area contributed by atoms with Gasteiger partial charge in [-0.1, -0.05) is 11.6 Å². The summed E-state index contributed by atoms with van der Waals surface area (Å²) in [6.07, 6.45) is 2.82. The van der Waals surface area contributed by atoms with Gasteiger partial charge in [-0.25, -0.2) is 9.78 Å². The molecule has 8 nitrogen and oxygen atoms in total. The number of likely N-dealkylation sites (tertiary alicyclic amines) is 1. The van der Waals surface area contributed by atoms with Gasteiger partial charge in [-0.05, 0) is 48.9 Å². The fraction of sp³-hybridized carbons (Fsp3) is 0.450. The average molecular weight is 420 g/mol. The third-order valence-electron chi connectivity index (χ3n) is 5.41. The number of carbonyl (C=O) groups excluding carboxylic acids is 2. The SMILES string of the molecule is CNC(=O)c1coc(COC(=O)N2C[C@H]3C[C@@H](Oc4ccc(Cl)cc4)C[C@H]3C2)n1. The van der Waals surface area contributed by atoms with E-state index in [1.165, 1.54) is 13.3 Å². The molecule has 29 heavy (non-hydrogen) atoms. The van der Waals surface area contributed by atoms with Gasteiger partial charge in [-0.15, -0.1) is 0 Å². The summed E-state index contributed by atoms with van der Waals surface area (Å²) in [4.78, 5) is 29.6. The third-order valence-corrected chi connectivity index (χ3v) is 5.66. The van der Waals surface area contributed by atoms with Crippen molar-refractivity contribution >= 4 is 23.6 Å². The van der Waals surface area contributed by atoms with Crippen LogP contribution in [0.3, 0.4) is 0 Å². The molecule has 2 aromatic rings. The predicted octanol–water partition coefficient (Wildman–Crippen LogP) is 3.11. The number of fused-ring (bicyclic) bond motifs is 1. The molecule has 0 radical (unpaired) electrons. The Morgan fingerprint density at radius 3 is 2.59 bits per heavy atom. The Morgan fingerprint density at radius 1 is 1.24 bits per heavy atom. The van der Waals surface area contributed by atoms with Crippen molar-refractivity contribution in [2.24, 2.45) is 11.8 Å². The van der Waals surface area contributed by atoms with Crippen LogP contribution < -0.4 is 10.1 Å². The van der Waals surface area contributed by atoms with E-state index in [-0.39, 0.29) is 30.2 Å². The van der Waals surface area contributed by atoms with E-state index in [1.54, 1.807) is 4.90 Å². The summed E-state index contributed by atoms with van der Waals surface area (Å²) in [5.41, 5.74) is 0.154. The Morgan fingerprint density at radius 2 is 1.93 bits per heavy atom. The molecule has 1 aliphatic carbocycles. The molecule has 0 spiro atoms. The first-order valence-electron chi connectivity index (χ1n) is 9.52. The number of hydrogen-bond donors (Lipinski definition) is 1. The van der Waals surface area contributed by atoms with Crippen molar-refractivity contribution in [3.8, 4) is 5.75 Å². The number of amides is 2. The van der Waals surface area contributed by atoms with Crippen LogP contribution in [0.5, 0.6) is 5.75 Å². The Balaban J connectivity index is 1.23. The predicted molar refractivity (Wildman–Crippen MR) is 104 cm³/mol. The fourth-order valence-electron chi connectivity index (χ4n) is 4.02. The van der Waals surface area contributed by atoms with Gasteiger partial charge in [0.15, 0.2) is 12.3 Å². The highest BCUT2D eigenvalue weighted by Gasteiger charge is 2.43. The molecule has 1 N–H and O–H groups in total. The molecule has 1 aromatic heterocycles. The number of hydrogen-bond acceptors (Lipinski definition) is 6. The number of benzene rings is 1. The van der Waals surface area contributed by atoms with E-state index in [2.05, 4.69) is 10.3 Å². The van der Waals surface area contributed by atoms with Crippen LogP contribution in [-0.2, 0) is 11.3 Å². The van der Waals surface area contributed by atoms with Crippen LogP contribution in [0, 0.1) is 11.8 Å². The van der Waals surface area contributed by atoms with Crippen molar-refractivity contribution in [1.29, 1.82) is 0 Å². The first-order valence-corrected chi connectivity index (χ1v) is 9.90. The minimum absolute atomic E-state index is 0.107. The molecular formula is C20H22ClN3O5. The van der Waals surface area contributed by atoms with Gasteiger partial charge in [-0.2, -0.15) is 0 Å². The third kappa shape index (κ3) is 4.48. The van der Waals surface area contributed by atoms with Gasteiger partial charge >= 0.3 is 6.09 Å². The summed E-state index contributed by atoms with van der Waals surface area (Å²) >= 11 is 5.91. The Hall–Kier alpha value is -2.74. The van der Waals surface area contributed by atoms with Gasteiger partial charge in [0.25, 0.3) is 5.91 Å². The number of nitrogens with zero attached hydrogens (tertiary/aromatic N) is 2. The van der Waals surface area contributed by atoms with E-state index < -0.39 is 6.09 Å². The molecule has 1 aliphatic heterocycles. The molecule has 1 saturated carbocycles. The van der Waals surface area contributed by atoms with Crippen LogP contribution >= 0.6 is 11.6 Å². The van der Waals surface area contributed by atoms with Crippen molar-refractivity contribution in [2.75, 3.05) is 20.1 Å². The van der Waals surface area contributed by atoms with E-state index in [1.807, 2.05) is 24.3 Å². The van der Waals surface area contributed by atoms with Crippen molar-refractivity contribution in [3.63, 3.8) is 0 Å². The number of nitrogens with one attached hydrogen (secondary N) is 1. The normalized spacial score (nSPS) is 23.0. The quantitative estimate of drug-likeness (QED) is 0.800. The van der Waals surface area contributed by atoms with Gasteiger partial charge in [0.1, 0.15) is 12.0 Å². The van der Waals surface area contributed by atoms with Crippen molar-refractivity contribution < 1.29 is 23.5 Å². The van der Waals surface area contributed by atoms with E-state index in [9.17, 15) is 9.59 Å². The zero-order chi connectivity index (χ0) is 20.4. The molecule has 154 valence electrons. The number of carbonyl (C=O) groups is 2. The van der Waals surface area contributed by atoms with Crippen LogP contribution in [0.25, 0.3) is 0 Å². The summed E-state index contributed by atoms with van der Waals surface area (Å²) in [6, 6.07) is 7.38. The number of oxazole rings is 1. The van der Waals surface area contributed by atoms with Crippen LogP contribution in [0.1, 0.15) is 29.2 Å². The average Bonchev–Trinajstić information content (AvgIpc) is 3.42. The van der Waals surface area contributed by atoms with E-state index >= 15 is 0 Å². The Labute approximate surface area is 173 Å². The molecule has 2 amide bonds. The smallest absolute Gasteiger partial charge is 0.410 e. The minimum Gasteiger partial charge on any atom is -0.490 e. The van der Waals surface area contributed by atoms with Gasteiger partial charge in [0.2, 0.25) is 5.89 Å². The Bertz CT molecular complexity index is 870. The van der Waals surface area contributed by atoms with Crippen molar-refractivity contribution in [1.82, 2.24) is 15.2 Å². The lowest BCUT2D eigenvalue weighted by Gasteiger charge is -2.19. The topological polar surface area (TPSA) is 93.9 Å². The molecular weight excluding hydrogens is 398 g/mol. The maximum atomic E-state index is 12.4. The molecule has 2 heterocycles. The van der Waals surface area contributed by atoms with Gasteiger partial charge < -0.3 is 24.1 Å². The fourth-order valence-corrected chi connectivity index (χ4v) is 4.15. The molecule has 9 heteroatoms. The van der Waals surface area contributed by atoms with Crippen LogP contribution in [0.2, 0.25) is 5.02 Å². The molecule has 2 fully saturated rings. The second kappa shape index (κ2) is 8.32. The van der Waals surface area contributed by atoms with Gasteiger partial charge in [0, 0.05) is 25.2 Å². The van der Waals surface area contributed by atoms with E-state index in [0.717, 1.165) is 18.6 Å². The zero-order valence-corrected chi connectivity index (χ0v) is 16.7. The number of halogens is 1. The van der Waals surface area contributed by atoms with Crippen molar-refractivity contribution in [2.45, 2.75) is 25.6 Å². The maximum Gasteiger partial charge on any atom is 0.410 e. The molecule has 2 aliphatic rings. The van der Waals surface area contributed by atoms with Crippen molar-refractivity contribution in [3.05, 3.63) is 47.1 Å². The molecule has 4 rings (SSSR count). The highest BCUT2D eigenvalue weighted by Crippen LogP contribution is 2.40. The summed E-state index contributed by atoms with van der Waals surface area (Å²) in [6.45, 7) is 1.20. The lowest BCUT2D eigenvalue weighted by atomic mass is 10.0. The number of rotatable bonds is 5. The van der Waals surface area contributed by atoms with E-state index in [4.69, 9.17) is 25.5 Å². The first-order chi connectivity index (χ1) is 14.0.